The fraction of sp³-hybridized carbons (Fsp3) is 0.360. The fourth-order valence-electron chi connectivity index (χ4n) is 3.06. The van der Waals surface area contributed by atoms with Crippen LogP contribution in [0.4, 0.5) is 4.39 Å². The van der Waals surface area contributed by atoms with Crippen LogP contribution in [0.1, 0.15) is 5.82 Å². The van der Waals surface area contributed by atoms with Gasteiger partial charge in [-0.05, 0) is 48.4 Å². The predicted molar refractivity (Wildman–Crippen MR) is 135 cm³/mol. The van der Waals surface area contributed by atoms with Gasteiger partial charge in [0, 0.05) is 38.2 Å². The molecule has 0 N–H and O–H groups in total. The molecule has 7 heteroatoms. The van der Waals surface area contributed by atoms with Crippen LogP contribution in [0.25, 0.3) is 22.5 Å². The van der Waals surface area contributed by atoms with Crippen LogP contribution in [0.5, 0.6) is 0 Å². The monoisotopic (exact) mass is 465 g/mol. The van der Waals surface area contributed by atoms with E-state index in [-0.39, 0.29) is 5.82 Å². The molecule has 0 spiro atoms. The molecule has 32 heavy (non-hydrogen) atoms. The van der Waals surface area contributed by atoms with Gasteiger partial charge < -0.3 is 4.74 Å². The molecule has 2 heterocycles. The first-order valence-electron chi connectivity index (χ1n) is 10.9. The van der Waals surface area contributed by atoms with Crippen LogP contribution in [0.3, 0.4) is 0 Å². The molecule has 1 aromatic carbocycles. The average molecular weight is 466 g/mol. The molecular formula is C25H32FN3OSi2. The Kier molecular flexibility index (Phi) is 7.49. The van der Waals surface area contributed by atoms with Gasteiger partial charge in [0.25, 0.3) is 0 Å². The van der Waals surface area contributed by atoms with Gasteiger partial charge in [-0.15, -0.1) is 5.54 Å². The Morgan fingerprint density at radius 2 is 1.59 bits per heavy atom. The lowest BCUT2D eigenvalue weighted by Crippen LogP contribution is -2.22. The van der Waals surface area contributed by atoms with E-state index in [0.29, 0.717) is 19.2 Å². The number of halogens is 1. The molecule has 4 nitrogen and oxygen atoms in total. The number of hydrogen-bond acceptors (Lipinski definition) is 3. The van der Waals surface area contributed by atoms with Gasteiger partial charge in [0.15, 0.2) is 5.82 Å². The van der Waals surface area contributed by atoms with Crippen molar-refractivity contribution in [3.05, 3.63) is 60.4 Å². The first-order valence-corrected chi connectivity index (χ1v) is 18.1. The number of ether oxygens (including phenoxy) is 1. The Bertz CT molecular complexity index is 1100. The summed E-state index contributed by atoms with van der Waals surface area (Å²) >= 11 is 0. The number of rotatable bonds is 7. The SMILES string of the molecule is C[Si](C)(C)C#Cc1nc(-c2ccncc2)c(-c2ccc(F)cc2)n1COCC[Si](C)(C)C. The third-order valence-corrected chi connectivity index (χ3v) is 7.38. The Hall–Kier alpha value is -2.54. The van der Waals surface area contributed by atoms with E-state index < -0.39 is 16.1 Å². The van der Waals surface area contributed by atoms with Crippen molar-refractivity contribution in [1.29, 1.82) is 0 Å². The van der Waals surface area contributed by atoms with E-state index in [1.54, 1.807) is 24.5 Å². The molecule has 0 atom stereocenters. The van der Waals surface area contributed by atoms with Crippen molar-refractivity contribution in [2.45, 2.75) is 52.1 Å². The van der Waals surface area contributed by atoms with Crippen LogP contribution in [0.15, 0.2) is 48.8 Å². The minimum absolute atomic E-state index is 0.268. The Morgan fingerprint density at radius 1 is 0.938 bits per heavy atom. The Labute approximate surface area is 192 Å². The minimum Gasteiger partial charge on any atom is -0.361 e. The maximum atomic E-state index is 13.7. The number of hydrogen-bond donors (Lipinski definition) is 0. The average Bonchev–Trinajstić information content (AvgIpc) is 3.08. The van der Waals surface area contributed by atoms with Gasteiger partial charge in [0.2, 0.25) is 0 Å². The van der Waals surface area contributed by atoms with Gasteiger partial charge in [-0.25, -0.2) is 9.37 Å². The maximum absolute atomic E-state index is 13.7. The van der Waals surface area contributed by atoms with Crippen molar-refractivity contribution in [3.63, 3.8) is 0 Å². The van der Waals surface area contributed by atoms with Gasteiger partial charge in [0.05, 0.1) is 11.4 Å². The Balaban J connectivity index is 2.13. The second-order valence-corrected chi connectivity index (χ2v) is 20.5. The molecule has 168 valence electrons. The zero-order valence-electron chi connectivity index (χ0n) is 19.9. The molecule has 0 bridgehead atoms. The quantitative estimate of drug-likeness (QED) is 0.234. The summed E-state index contributed by atoms with van der Waals surface area (Å²) in [4.78, 5) is 9.07. The van der Waals surface area contributed by atoms with E-state index in [1.807, 2.05) is 16.7 Å². The molecule has 3 aromatic rings. The first-order chi connectivity index (χ1) is 15.0. The van der Waals surface area contributed by atoms with Crippen LogP contribution in [0, 0.1) is 17.3 Å². The number of aromatic nitrogens is 3. The highest BCUT2D eigenvalue weighted by molar-refractivity contribution is 6.83. The van der Waals surface area contributed by atoms with Gasteiger partial charge in [-0.1, -0.05) is 39.3 Å². The molecule has 0 aliphatic rings. The molecular weight excluding hydrogens is 433 g/mol. The van der Waals surface area contributed by atoms with Crippen LogP contribution in [-0.2, 0) is 11.5 Å². The van der Waals surface area contributed by atoms with E-state index in [2.05, 4.69) is 55.7 Å². The molecule has 0 radical (unpaired) electrons. The lowest BCUT2D eigenvalue weighted by Gasteiger charge is -2.17. The summed E-state index contributed by atoms with van der Waals surface area (Å²) in [5.41, 5.74) is 6.92. The van der Waals surface area contributed by atoms with Crippen molar-refractivity contribution in [2.24, 2.45) is 0 Å². The van der Waals surface area contributed by atoms with Crippen molar-refractivity contribution >= 4 is 16.1 Å². The summed E-state index contributed by atoms with van der Waals surface area (Å²) in [6.07, 6.45) is 3.50. The molecule has 0 saturated heterocycles. The van der Waals surface area contributed by atoms with E-state index in [9.17, 15) is 4.39 Å². The van der Waals surface area contributed by atoms with Crippen molar-refractivity contribution < 1.29 is 9.13 Å². The topological polar surface area (TPSA) is 39.9 Å². The molecule has 2 aromatic heterocycles. The molecule has 0 aliphatic carbocycles. The molecule has 0 unspecified atom stereocenters. The van der Waals surface area contributed by atoms with Crippen molar-refractivity contribution in [1.82, 2.24) is 14.5 Å². The van der Waals surface area contributed by atoms with Crippen LogP contribution in [-0.4, -0.2) is 37.3 Å². The van der Waals surface area contributed by atoms with Crippen molar-refractivity contribution in [3.8, 4) is 34.0 Å². The summed E-state index contributed by atoms with van der Waals surface area (Å²) in [6, 6.07) is 11.5. The van der Waals surface area contributed by atoms with Crippen LogP contribution < -0.4 is 0 Å². The molecule has 0 aliphatic heterocycles. The second kappa shape index (κ2) is 9.94. The van der Waals surface area contributed by atoms with E-state index in [0.717, 1.165) is 28.6 Å². The highest BCUT2D eigenvalue weighted by atomic mass is 28.3. The van der Waals surface area contributed by atoms with Crippen LogP contribution >= 0.6 is 0 Å². The van der Waals surface area contributed by atoms with Crippen LogP contribution in [0.2, 0.25) is 45.3 Å². The summed E-state index contributed by atoms with van der Waals surface area (Å²) < 4.78 is 21.8. The molecule has 3 rings (SSSR count). The summed E-state index contributed by atoms with van der Waals surface area (Å²) in [5.74, 6) is 3.73. The molecule has 0 saturated carbocycles. The van der Waals surface area contributed by atoms with E-state index in [1.165, 1.54) is 12.1 Å². The van der Waals surface area contributed by atoms with E-state index in [4.69, 9.17) is 9.72 Å². The zero-order valence-corrected chi connectivity index (χ0v) is 21.9. The first kappa shape index (κ1) is 24.1. The summed E-state index contributed by atoms with van der Waals surface area (Å²) in [6.45, 7) is 14.7. The highest BCUT2D eigenvalue weighted by Crippen LogP contribution is 2.33. The third-order valence-electron chi connectivity index (χ3n) is 4.81. The predicted octanol–water partition coefficient (Wildman–Crippen LogP) is 6.29. The second-order valence-electron chi connectivity index (χ2n) is 10.2. The highest BCUT2D eigenvalue weighted by Gasteiger charge is 2.21. The summed E-state index contributed by atoms with van der Waals surface area (Å²) in [5, 5.41) is 0. The van der Waals surface area contributed by atoms with Gasteiger partial charge in [-0.2, -0.15) is 0 Å². The Morgan fingerprint density at radius 3 is 2.19 bits per heavy atom. The number of pyridine rings is 1. The lowest BCUT2D eigenvalue weighted by molar-refractivity contribution is 0.0877. The normalized spacial score (nSPS) is 11.8. The standard InChI is InChI=1S/C25H32FN3OSi2/c1-31(2,3)17-13-23-28-24(20-11-14-27-15-12-20)25(21-7-9-22(26)10-8-21)29(23)19-30-16-18-32(4,5)6/h7-12,14-15H,16,18-19H2,1-6H3. The number of imidazole rings is 1. The van der Waals surface area contributed by atoms with E-state index >= 15 is 0 Å². The lowest BCUT2D eigenvalue weighted by atomic mass is 10.1. The van der Waals surface area contributed by atoms with Gasteiger partial charge in [-0.3, -0.25) is 9.55 Å². The third kappa shape index (κ3) is 6.73. The maximum Gasteiger partial charge on any atom is 0.187 e. The fourth-order valence-corrected chi connectivity index (χ4v) is 4.31. The molecule has 0 amide bonds. The summed E-state index contributed by atoms with van der Waals surface area (Å²) in [7, 11) is -2.81. The zero-order chi connectivity index (χ0) is 23.4. The van der Waals surface area contributed by atoms with Crippen molar-refractivity contribution in [2.75, 3.05) is 6.61 Å². The smallest absolute Gasteiger partial charge is 0.187 e. The minimum atomic E-state index is -1.61. The van der Waals surface area contributed by atoms with Gasteiger partial charge >= 0.3 is 0 Å². The molecule has 0 fully saturated rings. The largest absolute Gasteiger partial charge is 0.361 e. The number of nitrogens with zero attached hydrogens (tertiary/aromatic N) is 3. The number of benzene rings is 1. The van der Waals surface area contributed by atoms with Gasteiger partial charge in [0.1, 0.15) is 20.6 Å².